The zero-order chi connectivity index (χ0) is 20.1. The number of nitrogens with zero attached hydrogens (tertiary/aromatic N) is 3. The van der Waals surface area contributed by atoms with E-state index in [1.54, 1.807) is 18.5 Å². The predicted octanol–water partition coefficient (Wildman–Crippen LogP) is 4.24. The first kappa shape index (κ1) is 18.7. The van der Waals surface area contributed by atoms with Crippen molar-refractivity contribution in [1.82, 2.24) is 9.88 Å². The number of anilines is 1. The Labute approximate surface area is 166 Å². The van der Waals surface area contributed by atoms with E-state index in [0.29, 0.717) is 12.8 Å². The van der Waals surface area contributed by atoms with E-state index in [0.717, 1.165) is 27.1 Å². The molecule has 0 unspecified atom stereocenters. The highest BCUT2D eigenvalue weighted by Gasteiger charge is 2.65. The van der Waals surface area contributed by atoms with E-state index in [4.69, 9.17) is 0 Å². The molecule has 1 aromatic heterocycles. The number of carbonyl (C=O) groups excluding carboxylic acids is 2. The monoisotopic (exact) mass is 455 g/mol. The van der Waals surface area contributed by atoms with Crippen molar-refractivity contribution in [2.45, 2.75) is 31.3 Å². The molecular weight excluding hydrogens is 443 g/mol. The number of carbonyl (C=O) groups is 2. The van der Waals surface area contributed by atoms with Crippen LogP contribution in [0.5, 0.6) is 5.75 Å². The van der Waals surface area contributed by atoms with Crippen LogP contribution in [0.3, 0.4) is 0 Å². The van der Waals surface area contributed by atoms with Crippen LogP contribution in [0, 0.1) is 0 Å². The highest BCUT2D eigenvalue weighted by molar-refractivity contribution is 9.10. The summed E-state index contributed by atoms with van der Waals surface area (Å²) in [5, 5.41) is 0. The number of hydrogen-bond acceptors (Lipinski definition) is 4. The highest BCUT2D eigenvalue weighted by Crippen LogP contribution is 2.50. The topological polar surface area (TPSA) is 62.7 Å². The van der Waals surface area contributed by atoms with Crippen molar-refractivity contribution < 1.29 is 27.5 Å². The summed E-state index contributed by atoms with van der Waals surface area (Å²) >= 11 is 3.38. The Bertz CT molecular complexity index is 945. The molecule has 4 rings (SSSR count). The zero-order valence-corrected chi connectivity index (χ0v) is 15.8. The Morgan fingerprint density at radius 1 is 1.14 bits per heavy atom. The van der Waals surface area contributed by atoms with Crippen molar-refractivity contribution in [2.24, 2.45) is 0 Å². The van der Waals surface area contributed by atoms with Gasteiger partial charge in [-0.25, -0.2) is 9.69 Å². The first-order valence-corrected chi connectivity index (χ1v) is 9.11. The largest absolute Gasteiger partial charge is 0.573 e. The number of imide groups is 1. The van der Waals surface area contributed by atoms with Crippen LogP contribution < -0.4 is 9.64 Å². The number of ether oxygens (including phenoxy) is 1. The van der Waals surface area contributed by atoms with Crippen molar-refractivity contribution in [3.05, 3.63) is 52.8 Å². The van der Waals surface area contributed by atoms with Crippen LogP contribution in [0.1, 0.15) is 18.4 Å². The molecule has 2 aromatic rings. The normalized spacial score (nSPS) is 18.1. The smallest absolute Gasteiger partial charge is 0.406 e. The Balaban J connectivity index is 1.60. The van der Waals surface area contributed by atoms with Gasteiger partial charge in [-0.1, -0.05) is 0 Å². The molecule has 0 bridgehead atoms. The predicted molar refractivity (Wildman–Crippen MR) is 95.5 cm³/mol. The van der Waals surface area contributed by atoms with Crippen LogP contribution in [-0.2, 0) is 11.3 Å². The number of rotatable bonds is 4. The maximum atomic E-state index is 13.0. The minimum Gasteiger partial charge on any atom is -0.406 e. The molecule has 10 heteroatoms. The van der Waals surface area contributed by atoms with Crippen molar-refractivity contribution in [3.63, 3.8) is 0 Å². The van der Waals surface area contributed by atoms with Gasteiger partial charge in [-0.3, -0.25) is 9.78 Å². The summed E-state index contributed by atoms with van der Waals surface area (Å²) in [6.45, 7) is 0.222. The SMILES string of the molecule is O=C1N(c2ccc(OC(F)(F)F)cc2)C(=O)C2(CC2)N1Cc1ccncc1Br. The van der Waals surface area contributed by atoms with Gasteiger partial charge in [-0.05, 0) is 64.7 Å². The summed E-state index contributed by atoms with van der Waals surface area (Å²) in [5.41, 5.74) is 0.117. The lowest BCUT2D eigenvalue weighted by Gasteiger charge is -2.21. The second kappa shape index (κ2) is 6.47. The Kier molecular flexibility index (Phi) is 4.33. The van der Waals surface area contributed by atoms with Crippen LogP contribution in [0.15, 0.2) is 47.2 Å². The Morgan fingerprint density at radius 2 is 1.82 bits per heavy atom. The molecule has 1 aliphatic carbocycles. The standard InChI is InChI=1S/C18H13BrF3N3O3/c19-14-9-23-8-5-11(14)10-24-16(27)25(15(26)17(24)6-7-17)12-1-3-13(4-2-12)28-18(20,21)22/h1-5,8-9H,6-7,10H2. The van der Waals surface area contributed by atoms with Crippen molar-refractivity contribution >= 4 is 33.6 Å². The van der Waals surface area contributed by atoms with E-state index in [-0.39, 0.29) is 18.1 Å². The number of aromatic nitrogens is 1. The van der Waals surface area contributed by atoms with Crippen LogP contribution in [0.4, 0.5) is 23.7 Å². The lowest BCUT2D eigenvalue weighted by Crippen LogP contribution is -2.36. The molecule has 3 amide bonds. The summed E-state index contributed by atoms with van der Waals surface area (Å²) in [6.07, 6.45) is -0.515. The molecule has 28 heavy (non-hydrogen) atoms. The third-order valence-corrected chi connectivity index (χ3v) is 5.49. The fourth-order valence-corrected chi connectivity index (χ4v) is 3.64. The lowest BCUT2D eigenvalue weighted by molar-refractivity contribution is -0.274. The minimum absolute atomic E-state index is 0.201. The van der Waals surface area contributed by atoms with Gasteiger partial charge in [0.2, 0.25) is 0 Å². The Hall–Kier alpha value is -2.62. The van der Waals surface area contributed by atoms with Crippen LogP contribution >= 0.6 is 15.9 Å². The Morgan fingerprint density at radius 3 is 2.39 bits per heavy atom. The summed E-state index contributed by atoms with van der Waals surface area (Å²) < 4.78 is 41.5. The molecule has 1 aliphatic heterocycles. The van der Waals surface area contributed by atoms with Crippen molar-refractivity contribution in [2.75, 3.05) is 4.90 Å². The first-order valence-electron chi connectivity index (χ1n) is 8.32. The maximum Gasteiger partial charge on any atom is 0.573 e. The van der Waals surface area contributed by atoms with Gasteiger partial charge in [0.15, 0.2) is 0 Å². The van der Waals surface area contributed by atoms with Gasteiger partial charge in [-0.15, -0.1) is 13.2 Å². The van der Waals surface area contributed by atoms with Gasteiger partial charge < -0.3 is 9.64 Å². The third kappa shape index (κ3) is 3.21. The van der Waals surface area contributed by atoms with Gasteiger partial charge in [0.05, 0.1) is 5.69 Å². The number of pyridine rings is 1. The van der Waals surface area contributed by atoms with Crippen LogP contribution in [-0.4, -0.2) is 33.7 Å². The van der Waals surface area contributed by atoms with Gasteiger partial charge >= 0.3 is 12.4 Å². The molecule has 0 N–H and O–H groups in total. The van der Waals surface area contributed by atoms with Crippen LogP contribution in [0.25, 0.3) is 0 Å². The molecule has 1 aromatic carbocycles. The fraction of sp³-hybridized carbons (Fsp3) is 0.278. The molecular formula is C18H13BrF3N3O3. The second-order valence-electron chi connectivity index (χ2n) is 6.55. The van der Waals surface area contributed by atoms with E-state index in [2.05, 4.69) is 25.7 Å². The minimum atomic E-state index is -4.81. The number of alkyl halides is 3. The summed E-state index contributed by atoms with van der Waals surface area (Å²) in [5.74, 6) is -0.791. The van der Waals surface area contributed by atoms with E-state index in [9.17, 15) is 22.8 Å². The average Bonchev–Trinajstić information content (AvgIpc) is 3.39. The third-order valence-electron chi connectivity index (χ3n) is 4.78. The first-order chi connectivity index (χ1) is 13.2. The summed E-state index contributed by atoms with van der Waals surface area (Å²) in [6, 6.07) is 5.92. The molecule has 2 fully saturated rings. The number of amides is 3. The van der Waals surface area contributed by atoms with Gasteiger partial charge in [0, 0.05) is 23.4 Å². The second-order valence-corrected chi connectivity index (χ2v) is 7.40. The van der Waals surface area contributed by atoms with Crippen molar-refractivity contribution in [3.8, 4) is 5.75 Å². The van der Waals surface area contributed by atoms with Crippen molar-refractivity contribution in [1.29, 1.82) is 0 Å². The molecule has 146 valence electrons. The van der Waals surface area contributed by atoms with Gasteiger partial charge in [0.1, 0.15) is 11.3 Å². The fourth-order valence-electron chi connectivity index (χ4n) is 3.26. The molecule has 2 aliphatic rings. The maximum absolute atomic E-state index is 13.0. The molecule has 1 saturated heterocycles. The molecule has 1 saturated carbocycles. The molecule has 6 nitrogen and oxygen atoms in total. The molecule has 0 radical (unpaired) electrons. The summed E-state index contributed by atoms with van der Waals surface area (Å²) in [7, 11) is 0. The van der Waals surface area contributed by atoms with Gasteiger partial charge in [0.25, 0.3) is 5.91 Å². The van der Waals surface area contributed by atoms with E-state index >= 15 is 0 Å². The highest BCUT2D eigenvalue weighted by atomic mass is 79.9. The van der Waals surface area contributed by atoms with Crippen LogP contribution in [0.2, 0.25) is 0 Å². The van der Waals surface area contributed by atoms with E-state index in [1.165, 1.54) is 17.0 Å². The molecule has 1 spiro atoms. The molecule has 2 heterocycles. The number of halogens is 4. The van der Waals surface area contributed by atoms with E-state index in [1.807, 2.05) is 0 Å². The number of benzene rings is 1. The summed E-state index contributed by atoms with van der Waals surface area (Å²) in [4.78, 5) is 32.4. The average molecular weight is 456 g/mol. The number of urea groups is 1. The molecule has 0 atom stereocenters. The quantitative estimate of drug-likeness (QED) is 0.646. The zero-order valence-electron chi connectivity index (χ0n) is 14.2. The van der Waals surface area contributed by atoms with E-state index < -0.39 is 23.7 Å². The van der Waals surface area contributed by atoms with Gasteiger partial charge in [-0.2, -0.15) is 0 Å². The number of hydrogen-bond donors (Lipinski definition) is 0. The lowest BCUT2D eigenvalue weighted by atomic mass is 10.2.